The van der Waals surface area contributed by atoms with Gasteiger partial charge in [0.15, 0.2) is 6.10 Å². The lowest BCUT2D eigenvalue weighted by Gasteiger charge is -2.09. The number of hydrogen-bond acceptors (Lipinski definition) is 4. The molecule has 1 N–H and O–H groups in total. The average molecular weight is 255 g/mol. The van der Waals surface area contributed by atoms with Crippen LogP contribution in [0.25, 0.3) is 0 Å². The van der Waals surface area contributed by atoms with Crippen LogP contribution in [0.2, 0.25) is 0 Å². The summed E-state index contributed by atoms with van der Waals surface area (Å²) in [5.74, 6) is 0. The van der Waals surface area contributed by atoms with Crippen LogP contribution in [0, 0.1) is 0 Å². The summed E-state index contributed by atoms with van der Waals surface area (Å²) in [7, 11) is -4.23. The molecule has 1 aromatic carbocycles. The molecular weight excluding hydrogens is 242 g/mol. The monoisotopic (exact) mass is 255 g/mol. The Balaban J connectivity index is 2.17. The number of benzene rings is 1. The molecule has 0 bridgehead atoms. The largest absolute Gasteiger partial charge is 0.386 e. The minimum absolute atomic E-state index is 0.0754. The SMILES string of the molecule is CCc1cccc(C2CC(S(=O)(=O)O)=NO2)c1. The molecule has 0 spiro atoms. The van der Waals surface area contributed by atoms with E-state index in [1.165, 1.54) is 0 Å². The molecule has 1 aliphatic rings. The quantitative estimate of drug-likeness (QED) is 0.819. The highest BCUT2D eigenvalue weighted by Gasteiger charge is 2.30. The van der Waals surface area contributed by atoms with Gasteiger partial charge in [0.25, 0.3) is 0 Å². The van der Waals surface area contributed by atoms with Gasteiger partial charge in [-0.25, -0.2) is 0 Å². The lowest BCUT2D eigenvalue weighted by molar-refractivity contribution is 0.0857. The average Bonchev–Trinajstić information content (AvgIpc) is 2.78. The molecule has 2 rings (SSSR count). The Morgan fingerprint density at radius 3 is 2.88 bits per heavy atom. The van der Waals surface area contributed by atoms with E-state index in [-0.39, 0.29) is 11.5 Å². The van der Waals surface area contributed by atoms with E-state index in [0.717, 1.165) is 17.5 Å². The highest BCUT2D eigenvalue weighted by molar-refractivity contribution is 8.01. The third-order valence-electron chi connectivity index (χ3n) is 2.67. The molecule has 1 heterocycles. The summed E-state index contributed by atoms with van der Waals surface area (Å²) < 4.78 is 30.6. The van der Waals surface area contributed by atoms with Crippen molar-refractivity contribution in [2.75, 3.05) is 0 Å². The molecule has 17 heavy (non-hydrogen) atoms. The smallest absolute Gasteiger partial charge is 0.311 e. The van der Waals surface area contributed by atoms with Crippen molar-refractivity contribution in [3.8, 4) is 0 Å². The van der Waals surface area contributed by atoms with Crippen molar-refractivity contribution in [3.63, 3.8) is 0 Å². The van der Waals surface area contributed by atoms with E-state index < -0.39 is 16.2 Å². The summed E-state index contributed by atoms with van der Waals surface area (Å²) in [6, 6.07) is 7.69. The second-order valence-electron chi connectivity index (χ2n) is 3.86. The Hall–Kier alpha value is -1.40. The standard InChI is InChI=1S/C11H13NO4S/c1-2-8-4-3-5-9(6-8)10-7-11(12-16-10)17(13,14)15/h3-6,10H,2,7H2,1H3,(H,13,14,15). The molecule has 5 nitrogen and oxygen atoms in total. The minimum atomic E-state index is -4.23. The van der Waals surface area contributed by atoms with E-state index in [4.69, 9.17) is 9.39 Å². The van der Waals surface area contributed by atoms with Gasteiger partial charge in [-0.05, 0) is 17.5 Å². The predicted molar refractivity (Wildman–Crippen MR) is 63.2 cm³/mol. The van der Waals surface area contributed by atoms with E-state index in [0.29, 0.717) is 0 Å². The Bertz CT molecular complexity index is 550. The maximum atomic E-state index is 10.9. The minimum Gasteiger partial charge on any atom is -0.386 e. The molecule has 1 atom stereocenters. The van der Waals surface area contributed by atoms with Crippen molar-refractivity contribution in [1.29, 1.82) is 0 Å². The van der Waals surface area contributed by atoms with Gasteiger partial charge in [0.2, 0.25) is 5.04 Å². The van der Waals surface area contributed by atoms with E-state index >= 15 is 0 Å². The van der Waals surface area contributed by atoms with Crippen molar-refractivity contribution in [2.24, 2.45) is 5.16 Å². The molecule has 0 aromatic heterocycles. The molecule has 0 fully saturated rings. The van der Waals surface area contributed by atoms with Crippen LogP contribution < -0.4 is 0 Å². The molecule has 92 valence electrons. The lowest BCUT2D eigenvalue weighted by atomic mass is 10.0. The molecule has 0 amide bonds. The number of nitrogens with zero attached hydrogens (tertiary/aromatic N) is 1. The first-order valence-electron chi connectivity index (χ1n) is 5.29. The lowest BCUT2D eigenvalue weighted by Crippen LogP contribution is -2.12. The Morgan fingerprint density at radius 2 is 2.29 bits per heavy atom. The first-order chi connectivity index (χ1) is 8.00. The summed E-state index contributed by atoms with van der Waals surface area (Å²) in [6.45, 7) is 2.04. The number of hydrogen-bond donors (Lipinski definition) is 1. The Morgan fingerprint density at radius 1 is 1.53 bits per heavy atom. The number of rotatable bonds is 2. The van der Waals surface area contributed by atoms with Crippen LogP contribution in [-0.4, -0.2) is 18.0 Å². The Labute approximate surface area is 99.8 Å². The second kappa shape index (κ2) is 4.46. The Kier molecular flexibility index (Phi) is 3.17. The normalized spacial score (nSPS) is 19.9. The molecule has 0 radical (unpaired) electrons. The molecule has 1 aromatic rings. The first kappa shape index (κ1) is 12.1. The van der Waals surface area contributed by atoms with Crippen LogP contribution in [0.15, 0.2) is 29.4 Å². The van der Waals surface area contributed by atoms with Gasteiger partial charge in [0, 0.05) is 0 Å². The zero-order chi connectivity index (χ0) is 12.5. The molecule has 0 aliphatic carbocycles. The van der Waals surface area contributed by atoms with Crippen LogP contribution in [0.5, 0.6) is 0 Å². The van der Waals surface area contributed by atoms with Crippen molar-refractivity contribution >= 4 is 15.2 Å². The summed E-state index contributed by atoms with van der Waals surface area (Å²) in [6.07, 6.45) is 0.539. The third-order valence-corrected chi connectivity index (χ3v) is 3.51. The zero-order valence-electron chi connectivity index (χ0n) is 9.33. The fourth-order valence-electron chi connectivity index (χ4n) is 1.70. The molecular formula is C11H13NO4S. The first-order valence-corrected chi connectivity index (χ1v) is 6.73. The van der Waals surface area contributed by atoms with Gasteiger partial charge >= 0.3 is 10.1 Å². The van der Waals surface area contributed by atoms with Crippen molar-refractivity contribution in [1.82, 2.24) is 0 Å². The van der Waals surface area contributed by atoms with E-state index in [1.54, 1.807) is 0 Å². The van der Waals surface area contributed by atoms with Gasteiger partial charge in [-0.3, -0.25) is 4.55 Å². The molecule has 1 aliphatic heterocycles. The van der Waals surface area contributed by atoms with Crippen molar-refractivity contribution < 1.29 is 17.8 Å². The van der Waals surface area contributed by atoms with Gasteiger partial charge in [0.05, 0.1) is 6.42 Å². The van der Waals surface area contributed by atoms with Crippen LogP contribution in [0.3, 0.4) is 0 Å². The van der Waals surface area contributed by atoms with Gasteiger partial charge in [-0.15, -0.1) is 0 Å². The van der Waals surface area contributed by atoms with Gasteiger partial charge in [0.1, 0.15) is 0 Å². The van der Waals surface area contributed by atoms with E-state index in [2.05, 4.69) is 5.16 Å². The molecule has 1 unspecified atom stereocenters. The van der Waals surface area contributed by atoms with E-state index in [1.807, 2.05) is 31.2 Å². The van der Waals surface area contributed by atoms with Crippen LogP contribution in [-0.2, 0) is 21.4 Å². The summed E-state index contributed by atoms with van der Waals surface area (Å²) in [5, 5.41) is 3.08. The summed E-state index contributed by atoms with van der Waals surface area (Å²) in [5.41, 5.74) is 2.01. The van der Waals surface area contributed by atoms with Crippen LogP contribution in [0.1, 0.15) is 30.6 Å². The maximum absolute atomic E-state index is 10.9. The van der Waals surface area contributed by atoms with Gasteiger partial charge in [-0.2, -0.15) is 8.42 Å². The van der Waals surface area contributed by atoms with E-state index in [9.17, 15) is 8.42 Å². The fraction of sp³-hybridized carbons (Fsp3) is 0.364. The van der Waals surface area contributed by atoms with Gasteiger partial charge in [-0.1, -0.05) is 36.3 Å². The van der Waals surface area contributed by atoms with Crippen molar-refractivity contribution in [3.05, 3.63) is 35.4 Å². The zero-order valence-corrected chi connectivity index (χ0v) is 10.1. The number of aryl methyl sites for hydroxylation is 1. The number of oxime groups is 1. The second-order valence-corrected chi connectivity index (χ2v) is 5.28. The molecule has 0 saturated carbocycles. The van der Waals surface area contributed by atoms with Crippen LogP contribution in [0.4, 0.5) is 0 Å². The molecule has 6 heteroatoms. The van der Waals surface area contributed by atoms with Gasteiger partial charge < -0.3 is 4.84 Å². The maximum Gasteiger partial charge on any atom is 0.311 e. The van der Waals surface area contributed by atoms with Crippen molar-refractivity contribution in [2.45, 2.75) is 25.9 Å². The fourth-order valence-corrected chi connectivity index (χ4v) is 2.20. The predicted octanol–water partition coefficient (Wildman–Crippen LogP) is 1.91. The summed E-state index contributed by atoms with van der Waals surface area (Å²) >= 11 is 0. The highest BCUT2D eigenvalue weighted by Crippen LogP contribution is 2.29. The molecule has 0 saturated heterocycles. The highest BCUT2D eigenvalue weighted by atomic mass is 32.2. The third kappa shape index (κ3) is 2.65. The topological polar surface area (TPSA) is 76.0 Å². The van der Waals surface area contributed by atoms with Crippen LogP contribution >= 0.6 is 0 Å². The summed E-state index contributed by atoms with van der Waals surface area (Å²) in [4.78, 5) is 5.03.